The van der Waals surface area contributed by atoms with Gasteiger partial charge in [0.15, 0.2) is 5.84 Å². The number of rotatable bonds is 6. The number of hydrogen-bond acceptors (Lipinski definition) is 5. The largest absolute Gasteiger partial charge is 0.382 e. The van der Waals surface area contributed by atoms with E-state index in [0.29, 0.717) is 0 Å². The van der Waals surface area contributed by atoms with Crippen molar-refractivity contribution in [1.29, 1.82) is 10.7 Å². The van der Waals surface area contributed by atoms with Gasteiger partial charge in [0.05, 0.1) is 5.69 Å². The first-order valence-electron chi connectivity index (χ1n) is 6.05. The second kappa shape index (κ2) is 7.01. The summed E-state index contributed by atoms with van der Waals surface area (Å²) in [7, 11) is 0. The minimum Gasteiger partial charge on any atom is -0.382 e. The molecule has 0 aromatic heterocycles. The maximum absolute atomic E-state index is 8.74. The molecule has 0 amide bonds. The Morgan fingerprint density at radius 3 is 2.68 bits per heavy atom. The molecule has 0 aliphatic rings. The molecule has 0 spiro atoms. The molecule has 1 rings (SSSR count). The summed E-state index contributed by atoms with van der Waals surface area (Å²) in [5, 5.41) is 19.7. The molecule has 100 valence electrons. The molecule has 6 nitrogen and oxygen atoms in total. The van der Waals surface area contributed by atoms with Crippen LogP contribution in [-0.4, -0.2) is 24.6 Å². The summed E-state index contributed by atoms with van der Waals surface area (Å²) in [5.74, 6) is -0.352. The van der Waals surface area contributed by atoms with Crippen LogP contribution in [-0.2, 0) is 0 Å². The quantitative estimate of drug-likeness (QED) is 0.411. The SMILES string of the molecule is CCN(CC)c1cccc(N/N=C(\C#N)C(=N)N)c1. The van der Waals surface area contributed by atoms with Crippen LogP contribution in [0, 0.1) is 16.7 Å². The second-order valence-electron chi connectivity index (χ2n) is 3.82. The maximum Gasteiger partial charge on any atom is 0.201 e. The fourth-order valence-electron chi connectivity index (χ4n) is 1.63. The predicted octanol–water partition coefficient (Wildman–Crippen LogP) is 1.76. The summed E-state index contributed by atoms with van der Waals surface area (Å²) in [6.07, 6.45) is 0. The molecular weight excluding hydrogens is 240 g/mol. The van der Waals surface area contributed by atoms with Crippen molar-refractivity contribution in [3.05, 3.63) is 24.3 Å². The number of nitrogens with two attached hydrogens (primary N) is 1. The van der Waals surface area contributed by atoms with Crippen LogP contribution in [0.3, 0.4) is 0 Å². The van der Waals surface area contributed by atoms with Gasteiger partial charge in [0.1, 0.15) is 6.07 Å². The second-order valence-corrected chi connectivity index (χ2v) is 3.82. The smallest absolute Gasteiger partial charge is 0.201 e. The zero-order valence-electron chi connectivity index (χ0n) is 11.1. The van der Waals surface area contributed by atoms with E-state index in [2.05, 4.69) is 29.3 Å². The van der Waals surface area contributed by atoms with Gasteiger partial charge in [-0.15, -0.1) is 0 Å². The average molecular weight is 258 g/mol. The summed E-state index contributed by atoms with van der Waals surface area (Å²) in [5.41, 5.74) is 9.65. The molecule has 0 heterocycles. The van der Waals surface area contributed by atoms with Crippen molar-refractivity contribution in [2.45, 2.75) is 13.8 Å². The van der Waals surface area contributed by atoms with E-state index in [-0.39, 0.29) is 11.5 Å². The van der Waals surface area contributed by atoms with Crippen LogP contribution >= 0.6 is 0 Å². The van der Waals surface area contributed by atoms with Gasteiger partial charge in [-0.25, -0.2) is 0 Å². The fraction of sp³-hybridized carbons (Fsp3) is 0.308. The van der Waals surface area contributed by atoms with E-state index in [4.69, 9.17) is 16.4 Å². The predicted molar refractivity (Wildman–Crippen MR) is 78.6 cm³/mol. The highest BCUT2D eigenvalue weighted by atomic mass is 15.3. The molecule has 4 N–H and O–H groups in total. The van der Waals surface area contributed by atoms with Crippen molar-refractivity contribution < 1.29 is 0 Å². The molecule has 0 saturated heterocycles. The van der Waals surface area contributed by atoms with Gasteiger partial charge in [0.2, 0.25) is 5.71 Å². The van der Waals surface area contributed by atoms with Crippen LogP contribution in [0.2, 0.25) is 0 Å². The van der Waals surface area contributed by atoms with Gasteiger partial charge >= 0.3 is 0 Å². The third kappa shape index (κ3) is 4.00. The van der Waals surface area contributed by atoms with Crippen molar-refractivity contribution in [2.75, 3.05) is 23.4 Å². The molecule has 1 aromatic rings. The number of amidine groups is 1. The lowest BCUT2D eigenvalue weighted by Crippen LogP contribution is -2.22. The summed E-state index contributed by atoms with van der Waals surface area (Å²) >= 11 is 0. The Labute approximate surface area is 113 Å². The number of benzene rings is 1. The molecule has 0 saturated carbocycles. The van der Waals surface area contributed by atoms with Crippen LogP contribution in [0.25, 0.3) is 0 Å². The Kier molecular flexibility index (Phi) is 5.35. The normalized spacial score (nSPS) is 10.7. The first kappa shape index (κ1) is 14.5. The van der Waals surface area contributed by atoms with Gasteiger partial charge in [0, 0.05) is 18.8 Å². The first-order chi connectivity index (χ1) is 9.12. The molecule has 19 heavy (non-hydrogen) atoms. The highest BCUT2D eigenvalue weighted by Crippen LogP contribution is 2.19. The zero-order chi connectivity index (χ0) is 14.3. The summed E-state index contributed by atoms with van der Waals surface area (Å²) < 4.78 is 0. The van der Waals surface area contributed by atoms with Gasteiger partial charge in [-0.05, 0) is 32.0 Å². The van der Waals surface area contributed by atoms with Crippen molar-refractivity contribution in [1.82, 2.24) is 0 Å². The van der Waals surface area contributed by atoms with E-state index in [1.165, 1.54) is 0 Å². The molecule has 0 unspecified atom stereocenters. The standard InChI is InChI=1S/C13H18N6/c1-3-19(4-2)11-7-5-6-10(8-11)17-18-12(9-14)13(15)16/h5-8,17H,3-4H2,1-2H3,(H3,15,16)/b18-12+. The molecule has 0 atom stereocenters. The van der Waals surface area contributed by atoms with Gasteiger partial charge in [-0.1, -0.05) is 6.07 Å². The Bertz CT molecular complexity index is 510. The minimum absolute atomic E-state index is 0.131. The number of anilines is 2. The highest BCUT2D eigenvalue weighted by Gasteiger charge is 2.03. The van der Waals surface area contributed by atoms with Crippen molar-refractivity contribution in [3.63, 3.8) is 0 Å². The lowest BCUT2D eigenvalue weighted by Gasteiger charge is -2.21. The number of nitrogens with zero attached hydrogens (tertiary/aromatic N) is 3. The molecule has 1 aromatic carbocycles. The third-order valence-electron chi connectivity index (χ3n) is 2.63. The van der Waals surface area contributed by atoms with E-state index in [1.807, 2.05) is 24.3 Å². The molecule has 0 radical (unpaired) electrons. The molecule has 0 aliphatic heterocycles. The molecular formula is C13H18N6. The Morgan fingerprint density at radius 1 is 1.47 bits per heavy atom. The van der Waals surface area contributed by atoms with Crippen LogP contribution in [0.1, 0.15) is 13.8 Å². The Hall–Kier alpha value is -2.55. The van der Waals surface area contributed by atoms with Crippen LogP contribution in [0.15, 0.2) is 29.4 Å². The van der Waals surface area contributed by atoms with Crippen molar-refractivity contribution in [2.24, 2.45) is 10.8 Å². The average Bonchev–Trinajstić information content (AvgIpc) is 2.41. The van der Waals surface area contributed by atoms with Crippen LogP contribution < -0.4 is 16.1 Å². The van der Waals surface area contributed by atoms with Crippen LogP contribution in [0.4, 0.5) is 11.4 Å². The van der Waals surface area contributed by atoms with Gasteiger partial charge in [0.25, 0.3) is 0 Å². The van der Waals surface area contributed by atoms with E-state index < -0.39 is 0 Å². The van der Waals surface area contributed by atoms with Crippen molar-refractivity contribution in [3.8, 4) is 6.07 Å². The molecule has 0 fully saturated rings. The molecule has 0 bridgehead atoms. The highest BCUT2D eigenvalue weighted by molar-refractivity contribution is 6.45. The number of nitrogens with one attached hydrogen (secondary N) is 2. The molecule has 0 aliphatic carbocycles. The van der Waals surface area contributed by atoms with Crippen LogP contribution in [0.5, 0.6) is 0 Å². The van der Waals surface area contributed by atoms with Gasteiger partial charge in [-0.2, -0.15) is 10.4 Å². The van der Waals surface area contributed by atoms with Gasteiger partial charge < -0.3 is 10.6 Å². The summed E-state index contributed by atoms with van der Waals surface area (Å²) in [4.78, 5) is 2.20. The zero-order valence-corrected chi connectivity index (χ0v) is 11.1. The Morgan fingerprint density at radius 2 is 2.16 bits per heavy atom. The lowest BCUT2D eigenvalue weighted by molar-refractivity contribution is 0.866. The first-order valence-corrected chi connectivity index (χ1v) is 6.05. The Balaban J connectivity index is 2.89. The number of hydrazone groups is 1. The number of hydrogen-bond donors (Lipinski definition) is 3. The fourth-order valence-corrected chi connectivity index (χ4v) is 1.63. The topological polar surface area (TPSA) is 101 Å². The number of nitriles is 1. The maximum atomic E-state index is 8.74. The lowest BCUT2D eigenvalue weighted by atomic mass is 10.2. The minimum atomic E-state index is -0.352. The van der Waals surface area contributed by atoms with E-state index >= 15 is 0 Å². The monoisotopic (exact) mass is 258 g/mol. The van der Waals surface area contributed by atoms with E-state index in [0.717, 1.165) is 24.5 Å². The summed E-state index contributed by atoms with van der Waals surface area (Å²) in [6, 6.07) is 9.45. The third-order valence-corrected chi connectivity index (χ3v) is 2.63. The molecule has 6 heteroatoms. The van der Waals surface area contributed by atoms with Gasteiger partial charge in [-0.3, -0.25) is 10.8 Å². The summed E-state index contributed by atoms with van der Waals surface area (Å²) in [6.45, 7) is 6.01. The van der Waals surface area contributed by atoms with Crippen molar-refractivity contribution >= 4 is 22.9 Å². The van der Waals surface area contributed by atoms with E-state index in [1.54, 1.807) is 6.07 Å². The van der Waals surface area contributed by atoms with E-state index in [9.17, 15) is 0 Å².